The molecule has 11 heteroatoms. The van der Waals surface area contributed by atoms with Gasteiger partial charge in [-0.2, -0.15) is 15.0 Å². The van der Waals surface area contributed by atoms with Gasteiger partial charge >= 0.3 is 6.09 Å². The molecule has 4 rings (SSSR count). The van der Waals surface area contributed by atoms with Crippen LogP contribution in [-0.4, -0.2) is 46.3 Å². The number of aromatic nitrogens is 4. The number of methoxy groups -OCH3 is 1. The van der Waals surface area contributed by atoms with Crippen LogP contribution in [-0.2, 0) is 4.74 Å². The second-order valence-electron chi connectivity index (χ2n) is 6.74. The zero-order valence-electron chi connectivity index (χ0n) is 16.5. The molecule has 0 spiro atoms. The van der Waals surface area contributed by atoms with Crippen molar-refractivity contribution in [3.8, 4) is 5.75 Å². The zero-order chi connectivity index (χ0) is 21.4. The van der Waals surface area contributed by atoms with E-state index in [1.165, 1.54) is 18.1 Å². The molecule has 0 aliphatic carbocycles. The molecule has 3 heterocycles. The SMILES string of the molecule is COc1ccc2cc([C@H](C)Nc3nc(C)nc(N4CCOC4=O)n3)c(=O)[nH]c2c1F. The predicted molar refractivity (Wildman–Crippen MR) is 106 cm³/mol. The van der Waals surface area contributed by atoms with Crippen LogP contribution in [0.15, 0.2) is 23.0 Å². The highest BCUT2D eigenvalue weighted by Crippen LogP contribution is 2.26. The molecule has 1 amide bonds. The number of aryl methyl sites for hydroxylation is 1. The average molecular weight is 414 g/mol. The van der Waals surface area contributed by atoms with Crippen molar-refractivity contribution < 1.29 is 18.7 Å². The van der Waals surface area contributed by atoms with Gasteiger partial charge in [-0.25, -0.2) is 14.1 Å². The van der Waals surface area contributed by atoms with Gasteiger partial charge in [0.1, 0.15) is 12.4 Å². The van der Waals surface area contributed by atoms with E-state index < -0.39 is 23.5 Å². The molecule has 1 aromatic carbocycles. The summed E-state index contributed by atoms with van der Waals surface area (Å²) in [5.41, 5.74) is -0.0165. The second kappa shape index (κ2) is 7.58. The molecule has 0 unspecified atom stereocenters. The highest BCUT2D eigenvalue weighted by molar-refractivity contribution is 5.87. The van der Waals surface area contributed by atoms with Crippen LogP contribution in [0.5, 0.6) is 5.75 Å². The third-order valence-electron chi connectivity index (χ3n) is 4.72. The van der Waals surface area contributed by atoms with E-state index in [-0.39, 0.29) is 29.8 Å². The number of nitrogens with one attached hydrogen (secondary N) is 2. The van der Waals surface area contributed by atoms with E-state index in [1.807, 2.05) is 0 Å². The molecule has 1 aliphatic rings. The lowest BCUT2D eigenvalue weighted by Gasteiger charge is -2.17. The average Bonchev–Trinajstić information content (AvgIpc) is 3.14. The van der Waals surface area contributed by atoms with E-state index in [2.05, 4.69) is 25.3 Å². The maximum Gasteiger partial charge on any atom is 0.416 e. The highest BCUT2D eigenvalue weighted by atomic mass is 19.1. The lowest BCUT2D eigenvalue weighted by atomic mass is 10.1. The molecule has 1 fully saturated rings. The van der Waals surface area contributed by atoms with Gasteiger partial charge in [0.05, 0.1) is 25.2 Å². The van der Waals surface area contributed by atoms with Gasteiger partial charge in [0.25, 0.3) is 5.56 Å². The number of halogens is 1. The minimum absolute atomic E-state index is 0.0469. The maximum atomic E-state index is 14.4. The van der Waals surface area contributed by atoms with Crippen LogP contribution < -0.4 is 20.5 Å². The minimum Gasteiger partial charge on any atom is -0.494 e. The molecule has 0 saturated carbocycles. The van der Waals surface area contributed by atoms with Crippen LogP contribution in [0, 0.1) is 12.7 Å². The van der Waals surface area contributed by atoms with Crippen molar-refractivity contribution in [1.29, 1.82) is 0 Å². The molecular weight excluding hydrogens is 395 g/mol. The summed E-state index contributed by atoms with van der Waals surface area (Å²) >= 11 is 0. The number of hydrogen-bond donors (Lipinski definition) is 2. The number of anilines is 2. The first-order chi connectivity index (χ1) is 14.4. The fourth-order valence-electron chi connectivity index (χ4n) is 3.22. The summed E-state index contributed by atoms with van der Waals surface area (Å²) in [5, 5.41) is 3.56. The molecule has 3 aromatic rings. The van der Waals surface area contributed by atoms with Gasteiger partial charge in [-0.05, 0) is 32.0 Å². The van der Waals surface area contributed by atoms with E-state index in [9.17, 15) is 14.0 Å². The Morgan fingerprint density at radius 1 is 1.30 bits per heavy atom. The number of hydrogen-bond acceptors (Lipinski definition) is 8. The normalized spacial score (nSPS) is 14.7. The molecule has 1 saturated heterocycles. The number of aromatic amines is 1. The van der Waals surface area contributed by atoms with Crippen LogP contribution in [0.4, 0.5) is 21.1 Å². The topological polar surface area (TPSA) is 122 Å². The van der Waals surface area contributed by atoms with Crippen molar-refractivity contribution in [3.05, 3.63) is 45.8 Å². The van der Waals surface area contributed by atoms with E-state index in [4.69, 9.17) is 9.47 Å². The molecule has 0 radical (unpaired) electrons. The van der Waals surface area contributed by atoms with E-state index in [1.54, 1.807) is 26.0 Å². The molecule has 10 nitrogen and oxygen atoms in total. The van der Waals surface area contributed by atoms with Crippen LogP contribution in [0.1, 0.15) is 24.4 Å². The Morgan fingerprint density at radius 3 is 2.80 bits per heavy atom. The van der Waals surface area contributed by atoms with Gasteiger partial charge in [-0.1, -0.05) is 0 Å². The molecule has 156 valence electrons. The lowest BCUT2D eigenvalue weighted by Crippen LogP contribution is -2.27. The fourth-order valence-corrected chi connectivity index (χ4v) is 3.22. The Morgan fingerprint density at radius 2 is 2.10 bits per heavy atom. The van der Waals surface area contributed by atoms with E-state index in [0.717, 1.165) is 0 Å². The first-order valence-electron chi connectivity index (χ1n) is 9.20. The van der Waals surface area contributed by atoms with Gasteiger partial charge in [0.2, 0.25) is 11.9 Å². The number of carbonyl (C=O) groups excluding carboxylic acids is 1. The Kier molecular flexibility index (Phi) is 4.94. The highest BCUT2D eigenvalue weighted by Gasteiger charge is 2.27. The number of nitrogens with zero attached hydrogens (tertiary/aromatic N) is 4. The van der Waals surface area contributed by atoms with Crippen molar-refractivity contribution in [2.45, 2.75) is 19.9 Å². The molecule has 2 N–H and O–H groups in total. The smallest absolute Gasteiger partial charge is 0.416 e. The Bertz CT molecular complexity index is 1200. The summed E-state index contributed by atoms with van der Waals surface area (Å²) < 4.78 is 24.3. The third kappa shape index (κ3) is 3.49. The van der Waals surface area contributed by atoms with Gasteiger partial charge in [0.15, 0.2) is 11.6 Å². The Balaban J connectivity index is 1.65. The number of benzene rings is 1. The first-order valence-corrected chi connectivity index (χ1v) is 9.20. The Hall–Kier alpha value is -3.76. The predicted octanol–water partition coefficient (Wildman–Crippen LogP) is 2.30. The van der Waals surface area contributed by atoms with Crippen molar-refractivity contribution in [2.75, 3.05) is 30.5 Å². The van der Waals surface area contributed by atoms with Gasteiger partial charge in [-0.15, -0.1) is 0 Å². The van der Waals surface area contributed by atoms with Crippen LogP contribution in [0.3, 0.4) is 0 Å². The molecule has 0 bridgehead atoms. The number of fused-ring (bicyclic) bond motifs is 1. The number of rotatable bonds is 5. The van der Waals surface area contributed by atoms with Crippen molar-refractivity contribution >= 4 is 28.9 Å². The van der Waals surface area contributed by atoms with Crippen LogP contribution in [0.2, 0.25) is 0 Å². The summed E-state index contributed by atoms with van der Waals surface area (Å²) in [7, 11) is 1.36. The van der Waals surface area contributed by atoms with E-state index in [0.29, 0.717) is 23.3 Å². The van der Waals surface area contributed by atoms with Crippen molar-refractivity contribution in [3.63, 3.8) is 0 Å². The van der Waals surface area contributed by atoms with Gasteiger partial charge in [-0.3, -0.25) is 4.79 Å². The summed E-state index contributed by atoms with van der Waals surface area (Å²) in [6.45, 7) is 4.02. The lowest BCUT2D eigenvalue weighted by molar-refractivity contribution is 0.181. The number of ether oxygens (including phenoxy) is 2. The van der Waals surface area contributed by atoms with Crippen LogP contribution >= 0.6 is 0 Å². The largest absolute Gasteiger partial charge is 0.494 e. The monoisotopic (exact) mass is 414 g/mol. The third-order valence-corrected chi connectivity index (χ3v) is 4.72. The summed E-state index contributed by atoms with van der Waals surface area (Å²) in [4.78, 5) is 40.9. The Labute approximate surface area is 170 Å². The number of cyclic esters (lactones) is 1. The molecule has 2 aromatic heterocycles. The van der Waals surface area contributed by atoms with Crippen molar-refractivity contribution in [1.82, 2.24) is 19.9 Å². The van der Waals surface area contributed by atoms with Crippen molar-refractivity contribution in [2.24, 2.45) is 0 Å². The van der Waals surface area contributed by atoms with E-state index >= 15 is 0 Å². The minimum atomic E-state index is -0.630. The summed E-state index contributed by atoms with van der Waals surface area (Å²) in [6.07, 6.45) is -0.525. The molecular formula is C19H19FN6O4. The molecule has 1 atom stereocenters. The molecule has 30 heavy (non-hydrogen) atoms. The first kappa shape index (κ1) is 19.6. The van der Waals surface area contributed by atoms with Gasteiger partial charge < -0.3 is 19.8 Å². The quantitative estimate of drug-likeness (QED) is 0.652. The van der Waals surface area contributed by atoms with Crippen LogP contribution in [0.25, 0.3) is 10.9 Å². The number of carbonyl (C=O) groups is 1. The number of pyridine rings is 1. The summed E-state index contributed by atoms with van der Waals surface area (Å²) in [6, 6.07) is 4.24. The number of amides is 1. The maximum absolute atomic E-state index is 14.4. The second-order valence-corrected chi connectivity index (χ2v) is 6.74. The summed E-state index contributed by atoms with van der Waals surface area (Å²) in [5.74, 6) is 0.183. The standard InChI is InChI=1S/C19H19FN6O4/c1-9(12-8-11-4-5-13(29-3)14(20)15(11)24-16(12)27)21-17-22-10(2)23-18(25-17)26-6-7-30-19(26)28/h4-5,8-9H,6-7H2,1-3H3,(H,24,27)(H,21,22,23,25)/t9-/m0/s1. The van der Waals surface area contributed by atoms with Gasteiger partial charge in [0, 0.05) is 10.9 Å². The fraction of sp³-hybridized carbons (Fsp3) is 0.316. The number of H-pyrrole nitrogens is 1. The zero-order valence-corrected chi connectivity index (χ0v) is 16.5. The molecule has 1 aliphatic heterocycles.